The van der Waals surface area contributed by atoms with Crippen molar-refractivity contribution in [2.45, 2.75) is 25.7 Å². The number of fused-ring (bicyclic) bond motifs is 1. The average molecular weight is 287 g/mol. The molecule has 0 bridgehead atoms. The fourth-order valence-corrected chi connectivity index (χ4v) is 3.00. The number of quaternary nitrogens is 1. The maximum absolute atomic E-state index is 12.4. The van der Waals surface area contributed by atoms with E-state index in [9.17, 15) is 9.59 Å². The summed E-state index contributed by atoms with van der Waals surface area (Å²) in [6, 6.07) is 4.14. The van der Waals surface area contributed by atoms with Gasteiger partial charge in [-0.05, 0) is 12.8 Å². The lowest BCUT2D eigenvalue weighted by Gasteiger charge is -2.22. The Balaban J connectivity index is 2.03. The standard InChI is InChI=1S/C15H18N4O2/c16-7-3-9-18(10-4-8-17)11-19-14(20)12-5-1-2-6-13(12)15(19)21/h1-2,12-13H,3-6,9-11H2/p+1/t12-,13+. The number of allylic oxidation sites excluding steroid dienone is 2. The van der Waals surface area contributed by atoms with E-state index in [-0.39, 0.29) is 30.3 Å². The molecule has 1 N–H and O–H groups in total. The second-order valence-corrected chi connectivity index (χ2v) is 5.48. The van der Waals surface area contributed by atoms with Crippen molar-refractivity contribution >= 4 is 11.8 Å². The van der Waals surface area contributed by atoms with Crippen molar-refractivity contribution in [3.63, 3.8) is 0 Å². The highest BCUT2D eigenvalue weighted by molar-refractivity contribution is 6.05. The third kappa shape index (κ3) is 3.29. The van der Waals surface area contributed by atoms with Crippen molar-refractivity contribution in [3.05, 3.63) is 12.2 Å². The molecule has 2 atom stereocenters. The summed E-state index contributed by atoms with van der Waals surface area (Å²) >= 11 is 0. The quantitative estimate of drug-likeness (QED) is 0.532. The molecule has 2 amide bonds. The molecule has 0 radical (unpaired) electrons. The highest BCUT2D eigenvalue weighted by Crippen LogP contribution is 2.34. The van der Waals surface area contributed by atoms with Crippen LogP contribution in [0.15, 0.2) is 12.2 Å². The van der Waals surface area contributed by atoms with E-state index >= 15 is 0 Å². The van der Waals surface area contributed by atoms with E-state index in [2.05, 4.69) is 12.1 Å². The molecule has 1 fully saturated rings. The van der Waals surface area contributed by atoms with E-state index in [0.29, 0.717) is 38.8 Å². The SMILES string of the molecule is N#CCC[NH+](CCC#N)CN1C(=O)[C@H]2CC=CC[C@H]2C1=O. The molecule has 0 saturated carbocycles. The Morgan fingerprint density at radius 3 is 1.95 bits per heavy atom. The highest BCUT2D eigenvalue weighted by Gasteiger charge is 2.48. The first-order valence-corrected chi connectivity index (χ1v) is 7.26. The number of hydrogen-bond acceptors (Lipinski definition) is 4. The number of hydrogen-bond donors (Lipinski definition) is 1. The smallest absolute Gasteiger partial charge is 0.237 e. The van der Waals surface area contributed by atoms with Crippen LogP contribution in [0.1, 0.15) is 25.7 Å². The molecular formula is C15H19N4O2+. The Labute approximate surface area is 124 Å². The van der Waals surface area contributed by atoms with E-state index < -0.39 is 0 Å². The van der Waals surface area contributed by atoms with Crippen LogP contribution in [0.3, 0.4) is 0 Å². The highest BCUT2D eigenvalue weighted by atomic mass is 16.2. The summed E-state index contributed by atoms with van der Waals surface area (Å²) in [5, 5.41) is 17.4. The van der Waals surface area contributed by atoms with Gasteiger partial charge in [0.05, 0.1) is 49.9 Å². The zero-order valence-corrected chi connectivity index (χ0v) is 11.9. The van der Waals surface area contributed by atoms with E-state index in [1.807, 2.05) is 12.2 Å². The number of carbonyl (C=O) groups excluding carboxylic acids is 2. The molecular weight excluding hydrogens is 268 g/mol. The van der Waals surface area contributed by atoms with Gasteiger partial charge in [0.1, 0.15) is 0 Å². The number of nitriles is 2. The van der Waals surface area contributed by atoms with Crippen LogP contribution >= 0.6 is 0 Å². The van der Waals surface area contributed by atoms with Gasteiger partial charge < -0.3 is 4.90 Å². The summed E-state index contributed by atoms with van der Waals surface area (Å²) < 4.78 is 0. The van der Waals surface area contributed by atoms with Crippen LogP contribution in [-0.4, -0.2) is 36.5 Å². The predicted octanol–water partition coefficient (Wildman–Crippen LogP) is -0.393. The van der Waals surface area contributed by atoms with Crippen molar-refractivity contribution in [3.8, 4) is 12.1 Å². The van der Waals surface area contributed by atoms with Gasteiger partial charge in [0.2, 0.25) is 11.8 Å². The minimum Gasteiger partial charge on any atom is -0.316 e. The molecule has 21 heavy (non-hydrogen) atoms. The summed E-state index contributed by atoms with van der Waals surface area (Å²) in [4.78, 5) is 27.0. The van der Waals surface area contributed by atoms with Crippen LogP contribution < -0.4 is 4.90 Å². The molecule has 2 aliphatic rings. The largest absolute Gasteiger partial charge is 0.316 e. The van der Waals surface area contributed by atoms with Crippen molar-refractivity contribution in [1.29, 1.82) is 10.5 Å². The molecule has 0 unspecified atom stereocenters. The Hall–Kier alpha value is -2.18. The van der Waals surface area contributed by atoms with Crippen LogP contribution in [0.4, 0.5) is 0 Å². The van der Waals surface area contributed by atoms with Gasteiger partial charge in [-0.1, -0.05) is 12.2 Å². The summed E-state index contributed by atoms with van der Waals surface area (Å²) in [6.45, 7) is 1.36. The van der Waals surface area contributed by atoms with Gasteiger partial charge >= 0.3 is 0 Å². The number of likely N-dealkylation sites (tertiary alicyclic amines) is 1. The number of amides is 2. The molecule has 0 spiro atoms. The first-order valence-electron chi connectivity index (χ1n) is 7.26. The minimum atomic E-state index is -0.212. The number of carbonyl (C=O) groups is 2. The topological polar surface area (TPSA) is 89.4 Å². The van der Waals surface area contributed by atoms with Crippen molar-refractivity contribution in [2.24, 2.45) is 11.8 Å². The summed E-state index contributed by atoms with van der Waals surface area (Å²) in [5.41, 5.74) is 0. The molecule has 110 valence electrons. The third-order valence-corrected chi connectivity index (χ3v) is 4.16. The van der Waals surface area contributed by atoms with E-state index in [4.69, 9.17) is 10.5 Å². The third-order valence-electron chi connectivity index (χ3n) is 4.16. The lowest BCUT2D eigenvalue weighted by Crippen LogP contribution is -3.13. The van der Waals surface area contributed by atoms with Crippen molar-refractivity contribution < 1.29 is 14.5 Å². The molecule has 1 aliphatic carbocycles. The Morgan fingerprint density at radius 1 is 1.05 bits per heavy atom. The van der Waals surface area contributed by atoms with Gasteiger partial charge in [-0.2, -0.15) is 10.5 Å². The van der Waals surface area contributed by atoms with Gasteiger partial charge in [0.15, 0.2) is 6.67 Å². The normalized spacial score (nSPS) is 24.0. The molecule has 0 aromatic heterocycles. The van der Waals surface area contributed by atoms with Crippen molar-refractivity contribution in [1.82, 2.24) is 4.90 Å². The van der Waals surface area contributed by atoms with Crippen molar-refractivity contribution in [2.75, 3.05) is 19.8 Å². The van der Waals surface area contributed by atoms with Crippen LogP contribution in [-0.2, 0) is 9.59 Å². The summed E-state index contributed by atoms with van der Waals surface area (Å²) in [7, 11) is 0. The predicted molar refractivity (Wildman–Crippen MR) is 73.2 cm³/mol. The molecule has 2 rings (SSSR count). The second kappa shape index (κ2) is 7.01. The van der Waals surface area contributed by atoms with Gasteiger partial charge in [-0.15, -0.1) is 0 Å². The summed E-state index contributed by atoms with van der Waals surface area (Å²) in [5.74, 6) is -0.618. The molecule has 6 nitrogen and oxygen atoms in total. The average Bonchev–Trinajstić information content (AvgIpc) is 2.75. The van der Waals surface area contributed by atoms with Crippen LogP contribution in [0.5, 0.6) is 0 Å². The molecule has 0 aromatic rings. The van der Waals surface area contributed by atoms with Gasteiger partial charge in [0.25, 0.3) is 0 Å². The molecule has 0 aromatic carbocycles. The van der Waals surface area contributed by atoms with Gasteiger partial charge in [-0.3, -0.25) is 9.59 Å². The van der Waals surface area contributed by atoms with Crippen LogP contribution in [0.2, 0.25) is 0 Å². The molecule has 6 heteroatoms. The Bertz CT molecular complexity index is 485. The number of rotatable bonds is 6. The zero-order chi connectivity index (χ0) is 15.2. The van der Waals surface area contributed by atoms with Gasteiger partial charge in [-0.25, -0.2) is 4.90 Å². The van der Waals surface area contributed by atoms with Crippen LogP contribution in [0.25, 0.3) is 0 Å². The van der Waals surface area contributed by atoms with E-state index in [1.165, 1.54) is 4.90 Å². The number of nitrogens with one attached hydrogen (secondary N) is 1. The maximum atomic E-state index is 12.4. The molecule has 1 aliphatic heterocycles. The maximum Gasteiger partial charge on any atom is 0.237 e. The van der Waals surface area contributed by atoms with E-state index in [0.717, 1.165) is 4.90 Å². The number of imide groups is 1. The lowest BCUT2D eigenvalue weighted by atomic mass is 9.85. The minimum absolute atomic E-state index is 0.0965. The Kier molecular flexibility index (Phi) is 5.08. The number of nitrogens with zero attached hydrogens (tertiary/aromatic N) is 3. The monoisotopic (exact) mass is 287 g/mol. The fourth-order valence-electron chi connectivity index (χ4n) is 3.00. The fraction of sp³-hybridized carbons (Fsp3) is 0.600. The summed E-state index contributed by atoms with van der Waals surface area (Å²) in [6.07, 6.45) is 5.91. The second-order valence-electron chi connectivity index (χ2n) is 5.48. The Morgan fingerprint density at radius 2 is 1.52 bits per heavy atom. The van der Waals surface area contributed by atoms with E-state index in [1.54, 1.807) is 0 Å². The molecule has 1 saturated heterocycles. The first-order chi connectivity index (χ1) is 10.2. The van der Waals surface area contributed by atoms with Crippen LogP contribution in [0, 0.1) is 34.5 Å². The van der Waals surface area contributed by atoms with Gasteiger partial charge in [0, 0.05) is 0 Å². The zero-order valence-electron chi connectivity index (χ0n) is 11.9. The molecule has 1 heterocycles. The lowest BCUT2D eigenvalue weighted by molar-refractivity contribution is -0.906. The first kappa shape index (κ1) is 15.2.